The van der Waals surface area contributed by atoms with Crippen LogP contribution in [0.5, 0.6) is 11.5 Å². The molecule has 34 heavy (non-hydrogen) atoms. The molecule has 0 saturated carbocycles. The van der Waals surface area contributed by atoms with Crippen LogP contribution in [0.25, 0.3) is 0 Å². The van der Waals surface area contributed by atoms with Gasteiger partial charge in [0.25, 0.3) is 5.69 Å². The molecule has 0 unspecified atom stereocenters. The van der Waals surface area contributed by atoms with E-state index in [1.807, 2.05) is 0 Å². The third-order valence-electron chi connectivity index (χ3n) is 4.70. The van der Waals surface area contributed by atoms with Crippen LogP contribution in [0, 0.1) is 24.0 Å². The number of ether oxygens (including phenoxy) is 1. The molecule has 0 saturated heterocycles. The van der Waals surface area contributed by atoms with Crippen LogP contribution in [0.3, 0.4) is 0 Å². The topological polar surface area (TPSA) is 99.3 Å². The van der Waals surface area contributed by atoms with Crippen molar-refractivity contribution in [3.05, 3.63) is 73.0 Å². The number of anilines is 1. The number of benzene rings is 2. The predicted molar refractivity (Wildman–Crippen MR) is 122 cm³/mol. The molecule has 0 aliphatic rings. The van der Waals surface area contributed by atoms with Crippen LogP contribution >= 0.6 is 27.5 Å². The van der Waals surface area contributed by atoms with Crippen molar-refractivity contribution >= 4 is 44.8 Å². The summed E-state index contributed by atoms with van der Waals surface area (Å²) in [5.74, 6) is -0.0485. The van der Waals surface area contributed by atoms with Gasteiger partial charge in [-0.1, -0.05) is 11.6 Å². The number of nitrogens with zero attached hydrogens (tertiary/aromatic N) is 3. The molecule has 1 N–H and O–H groups in total. The number of nitrogens with one attached hydrogen (secondary N) is 1. The Labute approximate surface area is 204 Å². The number of hydrogen-bond acceptors (Lipinski definition) is 5. The highest BCUT2D eigenvalue weighted by Crippen LogP contribution is 2.36. The molecule has 1 aromatic heterocycles. The van der Waals surface area contributed by atoms with Gasteiger partial charge in [0.05, 0.1) is 33.4 Å². The number of alkyl halides is 3. The summed E-state index contributed by atoms with van der Waals surface area (Å²) in [5.41, 5.74) is -0.396. The third kappa shape index (κ3) is 6.06. The number of rotatable bonds is 7. The van der Waals surface area contributed by atoms with E-state index in [1.165, 1.54) is 19.1 Å². The minimum absolute atomic E-state index is 0.0927. The van der Waals surface area contributed by atoms with Crippen LogP contribution in [0.1, 0.15) is 23.4 Å². The molecule has 0 radical (unpaired) electrons. The molecular formula is C21H17BrClF3N4O4. The van der Waals surface area contributed by atoms with Crippen molar-refractivity contribution in [3.8, 4) is 11.5 Å². The fourth-order valence-corrected chi connectivity index (χ4v) is 3.76. The van der Waals surface area contributed by atoms with Gasteiger partial charge in [-0.2, -0.15) is 18.3 Å². The third-order valence-corrected chi connectivity index (χ3v) is 5.89. The van der Waals surface area contributed by atoms with Gasteiger partial charge in [0.2, 0.25) is 5.91 Å². The number of aromatic nitrogens is 2. The molecule has 1 amide bonds. The minimum atomic E-state index is -4.64. The highest BCUT2D eigenvalue weighted by Gasteiger charge is 2.37. The van der Waals surface area contributed by atoms with E-state index < -0.39 is 22.7 Å². The molecule has 13 heteroatoms. The number of carbonyl (C=O) groups excluding carboxylic acids is 1. The number of halogens is 5. The summed E-state index contributed by atoms with van der Waals surface area (Å²) in [6.45, 7) is 3.06. The number of carbonyl (C=O) groups is 1. The maximum Gasteiger partial charge on any atom is 0.436 e. The number of nitro benzene ring substituents is 1. The van der Waals surface area contributed by atoms with Gasteiger partial charge in [0.1, 0.15) is 11.5 Å². The molecule has 180 valence electrons. The first-order valence-corrected chi connectivity index (χ1v) is 10.9. The standard InChI is InChI=1S/C21H17BrClF3N4O4/c1-11-7-13(23)3-4-17(11)34-16-9-14(8-15(10-16)30(32)33)27-18(31)5-6-29-12(2)19(22)20(28-29)21(24,25)26/h3-4,7-10H,5-6H2,1-2H3,(H,27,31). The quantitative estimate of drug-likeness (QED) is 0.257. The van der Waals surface area contributed by atoms with Crippen molar-refractivity contribution in [1.82, 2.24) is 9.78 Å². The molecule has 2 aromatic carbocycles. The summed E-state index contributed by atoms with van der Waals surface area (Å²) in [7, 11) is 0. The van der Waals surface area contributed by atoms with Crippen LogP contribution in [-0.2, 0) is 17.5 Å². The molecular weight excluding hydrogens is 545 g/mol. The number of non-ortho nitro benzene ring substituents is 1. The maximum atomic E-state index is 13.0. The molecule has 3 aromatic rings. The zero-order valence-electron chi connectivity index (χ0n) is 17.7. The molecule has 8 nitrogen and oxygen atoms in total. The number of nitro groups is 1. The van der Waals surface area contributed by atoms with E-state index in [1.54, 1.807) is 25.1 Å². The van der Waals surface area contributed by atoms with Crippen molar-refractivity contribution in [3.63, 3.8) is 0 Å². The Morgan fingerprint density at radius 1 is 1.26 bits per heavy atom. The first-order chi connectivity index (χ1) is 15.8. The average molecular weight is 562 g/mol. The summed E-state index contributed by atoms with van der Waals surface area (Å²) in [4.78, 5) is 23.1. The lowest BCUT2D eigenvalue weighted by atomic mass is 10.2. The Hall–Kier alpha value is -3.12. The average Bonchev–Trinajstić information content (AvgIpc) is 3.03. The maximum absolute atomic E-state index is 13.0. The van der Waals surface area contributed by atoms with Crippen molar-refractivity contribution in [2.24, 2.45) is 0 Å². The zero-order valence-corrected chi connectivity index (χ0v) is 20.1. The summed E-state index contributed by atoms with van der Waals surface area (Å²) < 4.78 is 45.6. The van der Waals surface area contributed by atoms with Gasteiger partial charge >= 0.3 is 6.18 Å². The van der Waals surface area contributed by atoms with Crippen LogP contribution in [-0.4, -0.2) is 20.6 Å². The van der Waals surface area contributed by atoms with Crippen LogP contribution in [0.15, 0.2) is 40.9 Å². The Morgan fingerprint density at radius 3 is 2.56 bits per heavy atom. The van der Waals surface area contributed by atoms with Crippen molar-refractivity contribution in [1.29, 1.82) is 0 Å². The Morgan fingerprint density at radius 2 is 1.97 bits per heavy atom. The van der Waals surface area contributed by atoms with E-state index in [0.29, 0.717) is 16.3 Å². The number of amides is 1. The molecule has 0 aliphatic carbocycles. The monoisotopic (exact) mass is 560 g/mol. The van der Waals surface area contributed by atoms with Gasteiger partial charge in [0.15, 0.2) is 5.69 Å². The van der Waals surface area contributed by atoms with Crippen LogP contribution < -0.4 is 10.1 Å². The van der Waals surface area contributed by atoms with E-state index in [2.05, 4.69) is 26.3 Å². The van der Waals surface area contributed by atoms with E-state index in [0.717, 1.165) is 10.7 Å². The van der Waals surface area contributed by atoms with E-state index in [9.17, 15) is 28.1 Å². The van der Waals surface area contributed by atoms with E-state index in [4.69, 9.17) is 16.3 Å². The first kappa shape index (κ1) is 25.5. The molecule has 1 heterocycles. The second-order valence-corrected chi connectivity index (χ2v) is 8.48. The van der Waals surface area contributed by atoms with Gasteiger partial charge in [0, 0.05) is 23.6 Å². The Kier molecular flexibility index (Phi) is 7.51. The van der Waals surface area contributed by atoms with Gasteiger partial charge in [-0.25, -0.2) is 0 Å². The lowest BCUT2D eigenvalue weighted by Crippen LogP contribution is -2.16. The smallest absolute Gasteiger partial charge is 0.436 e. The molecule has 0 aliphatic heterocycles. The molecule has 0 bridgehead atoms. The van der Waals surface area contributed by atoms with Crippen LogP contribution in [0.2, 0.25) is 5.02 Å². The minimum Gasteiger partial charge on any atom is -0.457 e. The fraction of sp³-hybridized carbons (Fsp3) is 0.238. The van der Waals surface area contributed by atoms with Crippen molar-refractivity contribution < 1.29 is 27.6 Å². The SMILES string of the molecule is Cc1cc(Cl)ccc1Oc1cc(NC(=O)CCn2nc(C(F)(F)F)c(Br)c2C)cc([N+](=O)[O-])c1. The normalized spacial score (nSPS) is 11.4. The van der Waals surface area contributed by atoms with Gasteiger partial charge in [-0.15, -0.1) is 0 Å². The molecule has 0 fully saturated rings. The van der Waals surface area contributed by atoms with Gasteiger partial charge < -0.3 is 10.1 Å². The molecule has 3 rings (SSSR count). The molecule has 0 spiro atoms. The van der Waals surface area contributed by atoms with Crippen molar-refractivity contribution in [2.75, 3.05) is 5.32 Å². The highest BCUT2D eigenvalue weighted by molar-refractivity contribution is 9.10. The van der Waals surface area contributed by atoms with Crippen LogP contribution in [0.4, 0.5) is 24.5 Å². The predicted octanol–water partition coefficient (Wildman–Crippen LogP) is 6.66. The lowest BCUT2D eigenvalue weighted by Gasteiger charge is -2.11. The Bertz CT molecular complexity index is 1260. The lowest BCUT2D eigenvalue weighted by molar-refractivity contribution is -0.384. The number of aryl methyl sites for hydroxylation is 2. The highest BCUT2D eigenvalue weighted by atomic mass is 79.9. The zero-order chi connectivity index (χ0) is 25.2. The summed E-state index contributed by atoms with van der Waals surface area (Å²) in [6.07, 6.45) is -4.86. The van der Waals surface area contributed by atoms with Gasteiger partial charge in [-0.3, -0.25) is 19.6 Å². The van der Waals surface area contributed by atoms with E-state index in [-0.39, 0.29) is 40.3 Å². The largest absolute Gasteiger partial charge is 0.457 e. The van der Waals surface area contributed by atoms with E-state index >= 15 is 0 Å². The molecule has 0 atom stereocenters. The fourth-order valence-electron chi connectivity index (χ4n) is 3.03. The summed E-state index contributed by atoms with van der Waals surface area (Å²) >= 11 is 8.80. The van der Waals surface area contributed by atoms with Gasteiger partial charge in [-0.05, 0) is 53.5 Å². The first-order valence-electron chi connectivity index (χ1n) is 9.68. The second kappa shape index (κ2) is 10.0. The second-order valence-electron chi connectivity index (χ2n) is 7.25. The summed E-state index contributed by atoms with van der Waals surface area (Å²) in [5, 5.41) is 17.9. The number of hydrogen-bond donors (Lipinski definition) is 1. The summed E-state index contributed by atoms with van der Waals surface area (Å²) in [6, 6.07) is 8.62. The van der Waals surface area contributed by atoms with Crippen molar-refractivity contribution in [2.45, 2.75) is 33.0 Å². The Balaban J connectivity index is 1.76.